The van der Waals surface area contributed by atoms with E-state index in [1.54, 1.807) is 24.3 Å². The fourth-order valence-corrected chi connectivity index (χ4v) is 4.47. The van der Waals surface area contributed by atoms with E-state index in [4.69, 9.17) is 16.8 Å². The second kappa shape index (κ2) is 11.7. The normalized spacial score (nSPS) is 13.0. The van der Waals surface area contributed by atoms with E-state index >= 15 is 0 Å². The van der Waals surface area contributed by atoms with Crippen LogP contribution >= 0.6 is 12.2 Å². The predicted octanol–water partition coefficient (Wildman–Crippen LogP) is 2.60. The number of carbonyl (C=O) groups excluding carboxylic acids is 1. The first-order valence-corrected chi connectivity index (χ1v) is 13.3. The lowest BCUT2D eigenvalue weighted by Gasteiger charge is -2.14. The number of rotatable bonds is 9. The molecule has 14 heteroatoms. The van der Waals surface area contributed by atoms with E-state index in [9.17, 15) is 26.2 Å². The molecule has 0 heterocycles. The SMILES string of the molecule is COC(C(=O)Nc1ccc(/C=C/c2ccc(NC(=S)NC(C)C)cc2S(=O)(=O)O)cc1)S(=O)(=O)O. The first-order chi connectivity index (χ1) is 16.2. The lowest BCUT2D eigenvalue weighted by molar-refractivity contribution is -0.121. The van der Waals surface area contributed by atoms with E-state index in [-0.39, 0.29) is 22.2 Å². The molecule has 0 aliphatic carbocycles. The zero-order chi connectivity index (χ0) is 26.4. The number of hydrogen-bond donors (Lipinski definition) is 5. The molecule has 0 radical (unpaired) electrons. The van der Waals surface area contributed by atoms with Crippen LogP contribution in [-0.4, -0.2) is 55.5 Å². The average Bonchev–Trinajstić information content (AvgIpc) is 2.72. The Morgan fingerprint density at radius 2 is 1.57 bits per heavy atom. The van der Waals surface area contributed by atoms with Crippen LogP contribution in [0.15, 0.2) is 47.4 Å². The molecule has 2 rings (SSSR count). The minimum atomic E-state index is -4.74. The highest BCUT2D eigenvalue weighted by Gasteiger charge is 2.30. The molecule has 35 heavy (non-hydrogen) atoms. The van der Waals surface area contributed by atoms with Crippen LogP contribution in [0.4, 0.5) is 11.4 Å². The second-order valence-electron chi connectivity index (χ2n) is 7.51. The molecule has 0 aliphatic heterocycles. The van der Waals surface area contributed by atoms with Crippen molar-refractivity contribution in [2.75, 3.05) is 17.7 Å². The molecule has 1 atom stereocenters. The molecule has 0 saturated carbocycles. The highest BCUT2D eigenvalue weighted by Crippen LogP contribution is 2.23. The fraction of sp³-hybridized carbons (Fsp3) is 0.238. The summed E-state index contributed by atoms with van der Waals surface area (Å²) in [5, 5.41) is 8.41. The van der Waals surface area contributed by atoms with Gasteiger partial charge in [0.2, 0.25) is 0 Å². The summed E-state index contributed by atoms with van der Waals surface area (Å²) < 4.78 is 69.4. The van der Waals surface area contributed by atoms with Crippen LogP contribution in [0.5, 0.6) is 0 Å². The minimum Gasteiger partial charge on any atom is -0.360 e. The van der Waals surface area contributed by atoms with Crippen molar-refractivity contribution in [3.05, 3.63) is 53.6 Å². The first-order valence-electron chi connectivity index (χ1n) is 9.98. The number of hydrogen-bond acceptors (Lipinski definition) is 7. The lowest BCUT2D eigenvalue weighted by Crippen LogP contribution is -2.36. The van der Waals surface area contributed by atoms with Gasteiger partial charge in [-0.05, 0) is 61.5 Å². The monoisotopic (exact) mass is 543 g/mol. The van der Waals surface area contributed by atoms with Gasteiger partial charge in [0.15, 0.2) is 5.11 Å². The van der Waals surface area contributed by atoms with Gasteiger partial charge in [-0.1, -0.05) is 30.4 Å². The summed E-state index contributed by atoms with van der Waals surface area (Å²) in [6.45, 7) is 3.78. The Morgan fingerprint density at radius 3 is 2.09 bits per heavy atom. The molecule has 0 bridgehead atoms. The molecule has 1 amide bonds. The maximum Gasteiger partial charge on any atom is 0.301 e. The van der Waals surface area contributed by atoms with Crippen molar-refractivity contribution >= 4 is 67.0 Å². The maximum atomic E-state index is 12.0. The molecular formula is C21H25N3O8S3. The Labute approximate surface area is 209 Å². The van der Waals surface area contributed by atoms with E-state index in [1.165, 1.54) is 30.3 Å². The Hall–Kier alpha value is -2.88. The molecule has 2 aromatic carbocycles. The summed E-state index contributed by atoms with van der Waals surface area (Å²) in [6.07, 6.45) is 3.05. The largest absolute Gasteiger partial charge is 0.360 e. The zero-order valence-corrected chi connectivity index (χ0v) is 21.4. The van der Waals surface area contributed by atoms with Crippen molar-refractivity contribution < 1.29 is 35.5 Å². The number of thiocarbonyl (C=S) groups is 1. The second-order valence-corrected chi connectivity index (χ2v) is 10.8. The van der Waals surface area contributed by atoms with Crippen molar-refractivity contribution in [2.24, 2.45) is 0 Å². The number of nitrogens with one attached hydrogen (secondary N) is 3. The van der Waals surface area contributed by atoms with E-state index in [2.05, 4.69) is 20.7 Å². The van der Waals surface area contributed by atoms with Gasteiger partial charge >= 0.3 is 10.1 Å². The Kier molecular flexibility index (Phi) is 9.48. The van der Waals surface area contributed by atoms with Crippen molar-refractivity contribution in [1.82, 2.24) is 5.32 Å². The highest BCUT2D eigenvalue weighted by molar-refractivity contribution is 7.87. The molecule has 0 aliphatic rings. The van der Waals surface area contributed by atoms with E-state index < -0.39 is 31.6 Å². The van der Waals surface area contributed by atoms with Crippen LogP contribution in [0.3, 0.4) is 0 Å². The molecule has 0 aromatic heterocycles. The van der Waals surface area contributed by atoms with Gasteiger partial charge in [0.05, 0.1) is 0 Å². The van der Waals surface area contributed by atoms with Gasteiger partial charge in [0.1, 0.15) is 4.90 Å². The molecule has 0 spiro atoms. The molecular weight excluding hydrogens is 518 g/mol. The summed E-state index contributed by atoms with van der Waals surface area (Å²) in [5.41, 5.74) is -0.653. The van der Waals surface area contributed by atoms with Crippen molar-refractivity contribution in [3.63, 3.8) is 0 Å². The summed E-state index contributed by atoms with van der Waals surface area (Å²) in [5.74, 6) is -1.08. The van der Waals surface area contributed by atoms with E-state index in [1.807, 2.05) is 13.8 Å². The van der Waals surface area contributed by atoms with Gasteiger partial charge in [0, 0.05) is 24.5 Å². The fourth-order valence-electron chi connectivity index (χ4n) is 2.83. The summed E-state index contributed by atoms with van der Waals surface area (Å²) in [6, 6.07) is 10.5. The number of amides is 1. The Morgan fingerprint density at radius 1 is 0.971 bits per heavy atom. The number of anilines is 2. The highest BCUT2D eigenvalue weighted by atomic mass is 32.2. The molecule has 0 saturated heterocycles. The standard InChI is InChI=1S/C21H25N3O8S3/c1-13(2)22-21(33)24-17-11-8-15(18(12-17)34(26,27)28)7-4-14-5-9-16(10-6-14)23-19(25)20(32-3)35(29,30)31/h4-13,20H,1-3H3,(H,23,25)(H2,22,24,33)(H,26,27,28)(H,29,30,31)/b7-4+. The van der Waals surface area contributed by atoms with Crippen molar-refractivity contribution in [2.45, 2.75) is 30.2 Å². The van der Waals surface area contributed by atoms with Crippen LogP contribution < -0.4 is 16.0 Å². The zero-order valence-electron chi connectivity index (χ0n) is 18.9. The molecule has 0 fully saturated rings. The van der Waals surface area contributed by atoms with Gasteiger partial charge < -0.3 is 20.7 Å². The van der Waals surface area contributed by atoms with Crippen LogP contribution in [-0.2, 0) is 29.8 Å². The number of benzene rings is 2. The third-order valence-electron chi connectivity index (χ3n) is 4.30. The number of methoxy groups -OCH3 is 1. The van der Waals surface area contributed by atoms with E-state index in [0.717, 1.165) is 7.11 Å². The summed E-state index contributed by atoms with van der Waals surface area (Å²) in [4.78, 5) is 11.6. The number of carbonyl (C=O) groups is 1. The van der Waals surface area contributed by atoms with Gasteiger partial charge in [-0.15, -0.1) is 0 Å². The van der Waals surface area contributed by atoms with Crippen molar-refractivity contribution in [3.8, 4) is 0 Å². The molecule has 190 valence electrons. The lowest BCUT2D eigenvalue weighted by atomic mass is 10.1. The van der Waals surface area contributed by atoms with Crippen LogP contribution in [0.1, 0.15) is 25.0 Å². The van der Waals surface area contributed by atoms with Crippen LogP contribution in [0.2, 0.25) is 0 Å². The molecule has 1 unspecified atom stereocenters. The maximum absolute atomic E-state index is 12.0. The third-order valence-corrected chi connectivity index (χ3v) is 6.38. The van der Waals surface area contributed by atoms with Gasteiger partial charge in [-0.25, -0.2) is 0 Å². The number of ether oxygens (including phenoxy) is 1. The van der Waals surface area contributed by atoms with E-state index in [0.29, 0.717) is 16.4 Å². The molecule has 2 aromatic rings. The smallest absolute Gasteiger partial charge is 0.301 e. The first kappa shape index (κ1) is 28.4. The summed E-state index contributed by atoms with van der Waals surface area (Å²) >= 11 is 5.15. The van der Waals surface area contributed by atoms with Crippen molar-refractivity contribution in [1.29, 1.82) is 0 Å². The Balaban J connectivity index is 2.21. The van der Waals surface area contributed by atoms with Gasteiger partial charge in [0.25, 0.3) is 21.5 Å². The van der Waals surface area contributed by atoms with Crippen LogP contribution in [0.25, 0.3) is 12.2 Å². The summed E-state index contributed by atoms with van der Waals surface area (Å²) in [7, 11) is -8.33. The third kappa shape index (κ3) is 8.69. The predicted molar refractivity (Wildman–Crippen MR) is 137 cm³/mol. The van der Waals surface area contributed by atoms with Gasteiger partial charge in [-0.2, -0.15) is 16.8 Å². The van der Waals surface area contributed by atoms with Crippen LogP contribution in [0, 0.1) is 0 Å². The molecule has 5 N–H and O–H groups in total. The molecule has 11 nitrogen and oxygen atoms in total. The minimum absolute atomic E-state index is 0.0714. The van der Waals surface area contributed by atoms with Gasteiger partial charge in [-0.3, -0.25) is 13.9 Å². The average molecular weight is 544 g/mol. The Bertz CT molecular complexity index is 1320. The quantitative estimate of drug-likeness (QED) is 0.179. The topological polar surface area (TPSA) is 171 Å².